The van der Waals surface area contributed by atoms with Gasteiger partial charge in [0.1, 0.15) is 5.25 Å². The SMILES string of the molecule is CC(c1nnnn1CC1(C(=O)O)CCCCC1)S(C)(=O)=O. The molecule has 0 bridgehead atoms. The molecule has 1 aromatic rings. The normalized spacial score (nSPS) is 20.1. The summed E-state index contributed by atoms with van der Waals surface area (Å²) in [5.41, 5.74) is -0.903. The molecule has 1 saturated carbocycles. The van der Waals surface area contributed by atoms with Gasteiger partial charge in [0.05, 0.1) is 12.0 Å². The van der Waals surface area contributed by atoms with Crippen LogP contribution in [0.4, 0.5) is 0 Å². The molecule has 0 aliphatic heterocycles. The van der Waals surface area contributed by atoms with E-state index < -0.39 is 26.5 Å². The first-order chi connectivity index (χ1) is 9.76. The lowest BCUT2D eigenvalue weighted by atomic mass is 9.74. The number of hydrogen-bond donors (Lipinski definition) is 1. The third-order valence-corrected chi connectivity index (χ3v) is 5.78. The highest BCUT2D eigenvalue weighted by atomic mass is 32.2. The number of rotatable bonds is 5. The fraction of sp³-hybridized carbons (Fsp3) is 0.833. The fourth-order valence-electron chi connectivity index (χ4n) is 2.76. The summed E-state index contributed by atoms with van der Waals surface area (Å²) in [6.07, 6.45) is 4.97. The molecule has 21 heavy (non-hydrogen) atoms. The Hall–Kier alpha value is -1.51. The van der Waals surface area contributed by atoms with E-state index in [2.05, 4.69) is 15.5 Å². The van der Waals surface area contributed by atoms with Crippen molar-refractivity contribution in [2.24, 2.45) is 5.41 Å². The maximum absolute atomic E-state index is 11.7. The number of aliphatic carboxylic acids is 1. The number of tetrazole rings is 1. The summed E-state index contributed by atoms with van der Waals surface area (Å²) in [5.74, 6) is -0.667. The molecule has 1 atom stereocenters. The zero-order valence-corrected chi connectivity index (χ0v) is 13.0. The smallest absolute Gasteiger partial charge is 0.311 e. The van der Waals surface area contributed by atoms with E-state index in [0.29, 0.717) is 12.8 Å². The number of sulfone groups is 1. The number of hydrogen-bond acceptors (Lipinski definition) is 6. The van der Waals surface area contributed by atoms with Gasteiger partial charge in [-0.1, -0.05) is 19.3 Å². The molecule has 0 radical (unpaired) electrons. The Morgan fingerprint density at radius 1 is 1.38 bits per heavy atom. The van der Waals surface area contributed by atoms with Crippen LogP contribution in [-0.4, -0.2) is 46.0 Å². The standard InChI is InChI=1S/C12H20N4O4S/c1-9(21(2,19)20)10-13-14-15-16(10)8-12(11(17)18)6-4-3-5-7-12/h9H,3-8H2,1-2H3,(H,17,18). The maximum Gasteiger partial charge on any atom is 0.311 e. The van der Waals surface area contributed by atoms with Crippen molar-refractivity contribution < 1.29 is 18.3 Å². The van der Waals surface area contributed by atoms with Gasteiger partial charge in [0.15, 0.2) is 15.7 Å². The van der Waals surface area contributed by atoms with E-state index in [-0.39, 0.29) is 12.4 Å². The van der Waals surface area contributed by atoms with Crippen LogP contribution in [0.15, 0.2) is 0 Å². The van der Waals surface area contributed by atoms with Crippen LogP contribution in [0.3, 0.4) is 0 Å². The lowest BCUT2D eigenvalue weighted by Crippen LogP contribution is -2.38. The summed E-state index contributed by atoms with van der Waals surface area (Å²) in [4.78, 5) is 11.7. The highest BCUT2D eigenvalue weighted by molar-refractivity contribution is 7.90. The van der Waals surface area contributed by atoms with E-state index in [9.17, 15) is 18.3 Å². The maximum atomic E-state index is 11.7. The molecule has 0 amide bonds. The van der Waals surface area contributed by atoms with E-state index in [4.69, 9.17) is 0 Å². The van der Waals surface area contributed by atoms with E-state index in [1.807, 2.05) is 0 Å². The van der Waals surface area contributed by atoms with Crippen LogP contribution in [-0.2, 0) is 21.2 Å². The van der Waals surface area contributed by atoms with Crippen molar-refractivity contribution in [1.29, 1.82) is 0 Å². The van der Waals surface area contributed by atoms with Crippen molar-refractivity contribution in [3.05, 3.63) is 5.82 Å². The van der Waals surface area contributed by atoms with Crippen LogP contribution in [0.25, 0.3) is 0 Å². The van der Waals surface area contributed by atoms with Gasteiger partial charge in [-0.15, -0.1) is 5.10 Å². The minimum absolute atomic E-state index is 0.116. The van der Waals surface area contributed by atoms with E-state index in [1.165, 1.54) is 11.6 Å². The van der Waals surface area contributed by atoms with Gasteiger partial charge in [-0.2, -0.15) is 0 Å². The quantitative estimate of drug-likeness (QED) is 0.854. The van der Waals surface area contributed by atoms with Crippen molar-refractivity contribution >= 4 is 15.8 Å². The minimum atomic E-state index is -3.34. The number of nitrogens with zero attached hydrogens (tertiary/aromatic N) is 4. The summed E-state index contributed by atoms with van der Waals surface area (Å²) in [6.45, 7) is 1.62. The predicted molar refractivity (Wildman–Crippen MR) is 74.2 cm³/mol. The first-order valence-electron chi connectivity index (χ1n) is 6.95. The lowest BCUT2D eigenvalue weighted by Gasteiger charge is -2.33. The van der Waals surface area contributed by atoms with Crippen LogP contribution < -0.4 is 0 Å². The molecule has 0 spiro atoms. The molecule has 8 nitrogen and oxygen atoms in total. The van der Waals surface area contributed by atoms with Crippen molar-refractivity contribution in [3.63, 3.8) is 0 Å². The summed E-state index contributed by atoms with van der Waals surface area (Å²) in [5, 5.41) is 19.8. The van der Waals surface area contributed by atoms with Crippen molar-refractivity contribution in [1.82, 2.24) is 20.2 Å². The minimum Gasteiger partial charge on any atom is -0.481 e. The van der Waals surface area contributed by atoms with Gasteiger partial charge in [-0.05, 0) is 30.2 Å². The molecule has 1 fully saturated rings. The Morgan fingerprint density at radius 2 is 2.00 bits per heavy atom. The van der Waals surface area contributed by atoms with Gasteiger partial charge < -0.3 is 5.11 Å². The second-order valence-electron chi connectivity index (χ2n) is 5.81. The molecule has 1 aliphatic rings. The number of carbonyl (C=O) groups is 1. The molecule has 9 heteroatoms. The molecule has 0 aromatic carbocycles. The zero-order chi connectivity index (χ0) is 15.7. The molecule has 1 heterocycles. The first kappa shape index (κ1) is 15.9. The lowest BCUT2D eigenvalue weighted by molar-refractivity contribution is -0.152. The highest BCUT2D eigenvalue weighted by Gasteiger charge is 2.41. The fourth-order valence-corrected chi connectivity index (χ4v) is 3.31. The van der Waals surface area contributed by atoms with Crippen molar-refractivity contribution in [2.75, 3.05) is 6.26 Å². The van der Waals surface area contributed by atoms with E-state index >= 15 is 0 Å². The number of carboxylic acids is 1. The van der Waals surface area contributed by atoms with E-state index in [0.717, 1.165) is 25.5 Å². The molecule has 2 rings (SSSR count). The highest BCUT2D eigenvalue weighted by Crippen LogP contribution is 2.38. The third-order valence-electron chi connectivity index (χ3n) is 4.28. The molecule has 1 N–H and O–H groups in total. The predicted octanol–water partition coefficient (Wildman–Crippen LogP) is 0.814. The Balaban J connectivity index is 2.31. The average molecular weight is 316 g/mol. The Kier molecular flexibility index (Phi) is 4.31. The molecular formula is C12H20N4O4S. The van der Waals surface area contributed by atoms with Crippen molar-refractivity contribution in [2.45, 2.75) is 50.8 Å². The number of aromatic nitrogens is 4. The summed E-state index contributed by atoms with van der Waals surface area (Å²) in [6, 6.07) is 0. The average Bonchev–Trinajstić information content (AvgIpc) is 2.85. The van der Waals surface area contributed by atoms with Gasteiger partial charge in [0.25, 0.3) is 0 Å². The monoisotopic (exact) mass is 316 g/mol. The Morgan fingerprint density at radius 3 is 2.52 bits per heavy atom. The second kappa shape index (κ2) is 5.70. The van der Waals surface area contributed by atoms with Crippen molar-refractivity contribution in [3.8, 4) is 0 Å². The summed E-state index contributed by atoms with van der Waals surface area (Å²) >= 11 is 0. The molecule has 1 unspecified atom stereocenters. The van der Waals surface area contributed by atoms with Gasteiger partial charge >= 0.3 is 5.97 Å². The second-order valence-corrected chi connectivity index (χ2v) is 8.18. The van der Waals surface area contributed by atoms with Crippen LogP contribution >= 0.6 is 0 Å². The summed E-state index contributed by atoms with van der Waals surface area (Å²) in [7, 11) is -3.34. The molecule has 1 aliphatic carbocycles. The van der Waals surface area contributed by atoms with Gasteiger partial charge in [0.2, 0.25) is 0 Å². The topological polar surface area (TPSA) is 115 Å². The van der Waals surface area contributed by atoms with Crippen LogP contribution in [0, 0.1) is 5.41 Å². The van der Waals surface area contributed by atoms with Gasteiger partial charge in [0, 0.05) is 6.26 Å². The number of carboxylic acid groups (broad SMARTS) is 1. The van der Waals surface area contributed by atoms with E-state index in [1.54, 1.807) is 0 Å². The van der Waals surface area contributed by atoms with Gasteiger partial charge in [-0.25, -0.2) is 13.1 Å². The van der Waals surface area contributed by atoms with Crippen LogP contribution in [0.2, 0.25) is 0 Å². The Labute approximate surface area is 123 Å². The van der Waals surface area contributed by atoms with Crippen LogP contribution in [0.1, 0.15) is 50.1 Å². The Bertz CT molecular complexity index is 619. The molecule has 1 aromatic heterocycles. The zero-order valence-electron chi connectivity index (χ0n) is 12.2. The van der Waals surface area contributed by atoms with Crippen LogP contribution in [0.5, 0.6) is 0 Å². The molecule has 0 saturated heterocycles. The third kappa shape index (κ3) is 3.22. The summed E-state index contributed by atoms with van der Waals surface area (Å²) < 4.78 is 24.7. The largest absolute Gasteiger partial charge is 0.481 e. The molecular weight excluding hydrogens is 296 g/mol. The first-order valence-corrected chi connectivity index (χ1v) is 8.90. The van der Waals surface area contributed by atoms with Gasteiger partial charge in [-0.3, -0.25) is 4.79 Å². The molecule has 118 valence electrons.